The lowest BCUT2D eigenvalue weighted by Crippen LogP contribution is -2.42. The van der Waals surface area contributed by atoms with E-state index in [4.69, 9.17) is 0 Å². The number of carbonyl (C=O) groups excluding carboxylic acids is 1. The van der Waals surface area contributed by atoms with Gasteiger partial charge in [0.25, 0.3) is 11.5 Å². The number of amides is 1. The molecule has 1 aromatic carbocycles. The molecule has 0 saturated carbocycles. The maximum Gasteiger partial charge on any atom is 0.273 e. The van der Waals surface area contributed by atoms with Crippen molar-refractivity contribution in [3.8, 4) is 11.3 Å². The SMILES string of the molecule is CN(CC(O)CN1CCc2ccccc2C1)C(=O)c1cn2cc(-c3ccn(C)c(=O)c3)ncc2n1. The van der Waals surface area contributed by atoms with Crippen LogP contribution in [0.25, 0.3) is 16.9 Å². The highest BCUT2D eigenvalue weighted by atomic mass is 16.3. The molecule has 0 aliphatic carbocycles. The molecule has 0 saturated heterocycles. The minimum absolute atomic E-state index is 0.125. The molecule has 3 aromatic heterocycles. The van der Waals surface area contributed by atoms with Crippen molar-refractivity contribution in [3.05, 3.63) is 88.4 Å². The van der Waals surface area contributed by atoms with E-state index in [1.807, 2.05) is 12.1 Å². The highest BCUT2D eigenvalue weighted by Crippen LogP contribution is 2.19. The summed E-state index contributed by atoms with van der Waals surface area (Å²) in [5.74, 6) is -0.271. The monoisotopic (exact) mass is 472 g/mol. The fraction of sp³-hybridized carbons (Fsp3) is 0.308. The summed E-state index contributed by atoms with van der Waals surface area (Å²) in [5, 5.41) is 10.7. The minimum atomic E-state index is -0.666. The predicted octanol–water partition coefficient (Wildman–Crippen LogP) is 1.59. The highest BCUT2D eigenvalue weighted by Gasteiger charge is 2.22. The number of aliphatic hydroxyl groups excluding tert-OH is 1. The van der Waals surface area contributed by atoms with Gasteiger partial charge in [-0.1, -0.05) is 24.3 Å². The van der Waals surface area contributed by atoms with Crippen LogP contribution in [0.4, 0.5) is 0 Å². The quantitative estimate of drug-likeness (QED) is 0.458. The molecule has 1 atom stereocenters. The van der Waals surface area contributed by atoms with Gasteiger partial charge in [0.15, 0.2) is 5.65 Å². The number of rotatable bonds is 6. The molecule has 9 heteroatoms. The van der Waals surface area contributed by atoms with Crippen molar-refractivity contribution >= 4 is 11.6 Å². The molecule has 1 aliphatic rings. The van der Waals surface area contributed by atoms with Gasteiger partial charge in [-0.15, -0.1) is 0 Å². The predicted molar refractivity (Wildman–Crippen MR) is 132 cm³/mol. The Labute approximate surface area is 202 Å². The second kappa shape index (κ2) is 9.44. The number of carbonyl (C=O) groups is 1. The average Bonchev–Trinajstić information content (AvgIpc) is 3.28. The maximum absolute atomic E-state index is 13.0. The summed E-state index contributed by atoms with van der Waals surface area (Å²) >= 11 is 0. The molecular formula is C26H28N6O3. The number of imidazole rings is 1. The number of likely N-dealkylation sites (N-methyl/N-ethyl adjacent to an activating group) is 1. The van der Waals surface area contributed by atoms with Crippen LogP contribution in [0.1, 0.15) is 21.6 Å². The van der Waals surface area contributed by atoms with E-state index in [1.54, 1.807) is 43.3 Å². The smallest absolute Gasteiger partial charge is 0.273 e. The highest BCUT2D eigenvalue weighted by molar-refractivity contribution is 5.92. The van der Waals surface area contributed by atoms with E-state index >= 15 is 0 Å². The molecule has 35 heavy (non-hydrogen) atoms. The zero-order valence-electron chi connectivity index (χ0n) is 19.8. The summed E-state index contributed by atoms with van der Waals surface area (Å²) in [6, 6.07) is 11.7. The molecule has 1 aliphatic heterocycles. The van der Waals surface area contributed by atoms with Crippen LogP contribution in [-0.2, 0) is 20.0 Å². The number of aliphatic hydroxyl groups is 1. The maximum atomic E-state index is 13.0. The van der Waals surface area contributed by atoms with Gasteiger partial charge in [-0.25, -0.2) is 4.98 Å². The van der Waals surface area contributed by atoms with Crippen molar-refractivity contribution < 1.29 is 9.90 Å². The van der Waals surface area contributed by atoms with Crippen molar-refractivity contribution in [3.63, 3.8) is 0 Å². The Morgan fingerprint density at radius 3 is 2.80 bits per heavy atom. The number of aromatic nitrogens is 4. The molecule has 180 valence electrons. The normalized spacial score (nSPS) is 14.6. The number of benzene rings is 1. The van der Waals surface area contributed by atoms with Crippen LogP contribution < -0.4 is 5.56 Å². The van der Waals surface area contributed by atoms with E-state index < -0.39 is 6.10 Å². The molecule has 1 unspecified atom stereocenters. The third-order valence-corrected chi connectivity index (χ3v) is 6.47. The molecule has 4 aromatic rings. The van der Waals surface area contributed by atoms with Crippen molar-refractivity contribution in [2.24, 2.45) is 7.05 Å². The summed E-state index contributed by atoms with van der Waals surface area (Å²) in [5.41, 5.74) is 4.64. The van der Waals surface area contributed by atoms with Crippen LogP contribution in [0.15, 0.2) is 66.0 Å². The van der Waals surface area contributed by atoms with E-state index in [9.17, 15) is 14.7 Å². The van der Waals surface area contributed by atoms with Gasteiger partial charge < -0.3 is 19.0 Å². The molecule has 4 heterocycles. The first-order valence-electron chi connectivity index (χ1n) is 11.6. The topological polar surface area (TPSA) is 96.0 Å². The van der Waals surface area contributed by atoms with Crippen LogP contribution in [-0.4, -0.2) is 72.5 Å². The van der Waals surface area contributed by atoms with E-state index in [-0.39, 0.29) is 23.7 Å². The first-order chi connectivity index (χ1) is 16.9. The molecular weight excluding hydrogens is 444 g/mol. The zero-order chi connectivity index (χ0) is 24.5. The van der Waals surface area contributed by atoms with E-state index in [2.05, 4.69) is 33.1 Å². The van der Waals surface area contributed by atoms with Gasteiger partial charge in [-0.2, -0.15) is 0 Å². The number of aryl methyl sites for hydroxylation is 1. The number of β-amino-alcohol motifs (C(OH)–C–C–N with tert-alkyl or cyclic N) is 1. The second-order valence-electron chi connectivity index (χ2n) is 9.12. The van der Waals surface area contributed by atoms with Crippen molar-refractivity contribution in [1.82, 2.24) is 28.7 Å². The first kappa shape index (κ1) is 22.9. The first-order valence-corrected chi connectivity index (χ1v) is 11.6. The summed E-state index contributed by atoms with van der Waals surface area (Å²) in [6.45, 7) is 2.41. The molecule has 1 N–H and O–H groups in total. The van der Waals surface area contributed by atoms with Gasteiger partial charge in [0, 0.05) is 70.5 Å². The van der Waals surface area contributed by atoms with Gasteiger partial charge >= 0.3 is 0 Å². The standard InChI is InChI=1S/C26H28N6O3/c1-29-9-7-19(11-25(29)34)22-16-32-17-23(28-24(32)12-27-22)26(35)30(2)14-21(33)15-31-10-8-18-5-3-4-6-20(18)13-31/h3-7,9,11-12,16-17,21,33H,8,10,13-15H2,1-2H3. The summed E-state index contributed by atoms with van der Waals surface area (Å²) < 4.78 is 3.22. The zero-order valence-corrected chi connectivity index (χ0v) is 19.8. The van der Waals surface area contributed by atoms with Crippen molar-refractivity contribution in [2.45, 2.75) is 19.1 Å². The Balaban J connectivity index is 1.24. The lowest BCUT2D eigenvalue weighted by Gasteiger charge is -2.31. The van der Waals surface area contributed by atoms with Crippen LogP contribution in [0, 0.1) is 0 Å². The van der Waals surface area contributed by atoms with Gasteiger partial charge in [0.05, 0.1) is 18.0 Å². The third-order valence-electron chi connectivity index (χ3n) is 6.47. The van der Waals surface area contributed by atoms with Crippen LogP contribution in [0.2, 0.25) is 0 Å². The van der Waals surface area contributed by atoms with Gasteiger partial charge in [-0.3, -0.25) is 19.5 Å². The van der Waals surface area contributed by atoms with Crippen LogP contribution >= 0.6 is 0 Å². The number of pyridine rings is 1. The largest absolute Gasteiger partial charge is 0.390 e. The summed E-state index contributed by atoms with van der Waals surface area (Å²) in [7, 11) is 3.36. The van der Waals surface area contributed by atoms with Gasteiger partial charge in [0.1, 0.15) is 5.69 Å². The summed E-state index contributed by atoms with van der Waals surface area (Å²) in [4.78, 5) is 37.5. The molecule has 0 bridgehead atoms. The molecule has 5 rings (SSSR count). The van der Waals surface area contributed by atoms with Crippen LogP contribution in [0.5, 0.6) is 0 Å². The van der Waals surface area contributed by atoms with Gasteiger partial charge in [0.2, 0.25) is 0 Å². The molecule has 1 amide bonds. The fourth-order valence-electron chi connectivity index (χ4n) is 4.52. The Kier molecular flexibility index (Phi) is 6.19. The Morgan fingerprint density at radius 1 is 1.20 bits per heavy atom. The van der Waals surface area contributed by atoms with Crippen LogP contribution in [0.3, 0.4) is 0 Å². The molecule has 0 fully saturated rings. The van der Waals surface area contributed by atoms with E-state index in [1.165, 1.54) is 26.7 Å². The fourth-order valence-corrected chi connectivity index (χ4v) is 4.52. The van der Waals surface area contributed by atoms with E-state index in [0.29, 0.717) is 23.4 Å². The number of fused-ring (bicyclic) bond motifs is 2. The molecule has 0 spiro atoms. The lowest BCUT2D eigenvalue weighted by atomic mass is 10.00. The Hall–Kier alpha value is -3.82. The van der Waals surface area contributed by atoms with Crippen molar-refractivity contribution in [1.29, 1.82) is 0 Å². The number of hydrogen-bond acceptors (Lipinski definition) is 6. The third kappa shape index (κ3) is 4.87. The molecule has 9 nitrogen and oxygen atoms in total. The number of nitrogens with zero attached hydrogens (tertiary/aromatic N) is 6. The lowest BCUT2D eigenvalue weighted by molar-refractivity contribution is 0.0565. The van der Waals surface area contributed by atoms with Crippen molar-refractivity contribution in [2.75, 3.05) is 26.7 Å². The Bertz CT molecular complexity index is 1440. The number of hydrogen-bond donors (Lipinski definition) is 1. The Morgan fingerprint density at radius 2 is 2.00 bits per heavy atom. The second-order valence-corrected chi connectivity index (χ2v) is 9.12. The average molecular weight is 473 g/mol. The summed E-state index contributed by atoms with van der Waals surface area (Å²) in [6.07, 6.45) is 6.96. The van der Waals surface area contributed by atoms with E-state index in [0.717, 1.165) is 19.5 Å². The molecule has 0 radical (unpaired) electrons. The minimum Gasteiger partial charge on any atom is -0.390 e. The van der Waals surface area contributed by atoms with Gasteiger partial charge in [-0.05, 0) is 23.6 Å².